The molecule has 0 saturated carbocycles. The van der Waals surface area contributed by atoms with Crippen LogP contribution in [0.5, 0.6) is 0 Å². The van der Waals surface area contributed by atoms with Crippen LogP contribution in [0.1, 0.15) is 53.0 Å². The zero-order valence-electron chi connectivity index (χ0n) is 13.2. The molecule has 1 aromatic rings. The van der Waals surface area contributed by atoms with Crippen molar-refractivity contribution in [2.45, 2.75) is 63.0 Å². The van der Waals surface area contributed by atoms with E-state index in [-0.39, 0.29) is 0 Å². The van der Waals surface area contributed by atoms with Gasteiger partial charge in [0.15, 0.2) is 0 Å². The highest BCUT2D eigenvalue weighted by molar-refractivity contribution is 8.33. The molecule has 0 aliphatic heterocycles. The highest BCUT2D eigenvalue weighted by Crippen LogP contribution is 2.56. The summed E-state index contributed by atoms with van der Waals surface area (Å²) in [7, 11) is -0.709. The second-order valence-electron chi connectivity index (χ2n) is 6.58. The Labute approximate surface area is 116 Å². The van der Waals surface area contributed by atoms with Crippen LogP contribution in [0.15, 0.2) is 29.2 Å². The molecule has 0 fully saturated rings. The normalized spacial score (nSPS) is 14.0. The Morgan fingerprint density at radius 2 is 1.67 bits per heavy atom. The molecule has 0 N–H and O–H groups in total. The predicted octanol–water partition coefficient (Wildman–Crippen LogP) is 5.60. The average Bonchev–Trinajstić information content (AvgIpc) is 2.28. The Bertz CT molecular complexity index is 388. The van der Waals surface area contributed by atoms with Crippen LogP contribution >= 0.6 is 10.0 Å². The van der Waals surface area contributed by atoms with Gasteiger partial charge >= 0.3 is 0 Å². The zero-order valence-corrected chi connectivity index (χ0v) is 14.0. The molecule has 0 amide bonds. The van der Waals surface area contributed by atoms with E-state index in [1.165, 1.54) is 12.8 Å². The molecule has 0 radical (unpaired) electrons. The van der Waals surface area contributed by atoms with Gasteiger partial charge in [-0.3, -0.25) is 0 Å². The van der Waals surface area contributed by atoms with E-state index < -0.39 is 10.0 Å². The van der Waals surface area contributed by atoms with Gasteiger partial charge in [-0.15, -0.1) is 0 Å². The zero-order chi connectivity index (χ0) is 14.0. The maximum atomic E-state index is 2.46. The third-order valence-corrected chi connectivity index (χ3v) is 8.08. The lowest BCUT2D eigenvalue weighted by Gasteiger charge is -2.41. The highest BCUT2D eigenvalue weighted by atomic mass is 32.3. The topological polar surface area (TPSA) is 0 Å². The van der Waals surface area contributed by atoms with Gasteiger partial charge in [0.1, 0.15) is 0 Å². The fourth-order valence-electron chi connectivity index (χ4n) is 2.50. The average molecular weight is 266 g/mol. The van der Waals surface area contributed by atoms with Crippen LogP contribution in [-0.4, -0.2) is 17.8 Å². The molecule has 0 saturated heterocycles. The van der Waals surface area contributed by atoms with E-state index in [4.69, 9.17) is 0 Å². The summed E-state index contributed by atoms with van der Waals surface area (Å²) in [5.41, 5.74) is 1.87. The number of benzene rings is 1. The van der Waals surface area contributed by atoms with Crippen LogP contribution in [0.2, 0.25) is 0 Å². The summed E-state index contributed by atoms with van der Waals surface area (Å²) in [4.78, 5) is 1.61. The van der Waals surface area contributed by atoms with Crippen molar-refractivity contribution in [3.8, 4) is 0 Å². The first kappa shape index (κ1) is 15.6. The van der Waals surface area contributed by atoms with E-state index in [9.17, 15) is 0 Å². The third-order valence-electron chi connectivity index (χ3n) is 4.24. The first-order valence-electron chi connectivity index (χ1n) is 7.05. The number of hydrogen-bond acceptors (Lipinski definition) is 0. The van der Waals surface area contributed by atoms with E-state index in [1.807, 2.05) is 0 Å². The van der Waals surface area contributed by atoms with E-state index in [1.54, 1.807) is 10.5 Å². The van der Waals surface area contributed by atoms with Crippen molar-refractivity contribution in [1.29, 1.82) is 0 Å². The summed E-state index contributed by atoms with van der Waals surface area (Å²) in [5.74, 6) is 0. The van der Waals surface area contributed by atoms with Crippen LogP contribution in [0, 0.1) is 0 Å². The lowest BCUT2D eigenvalue weighted by Crippen LogP contribution is -2.21. The van der Waals surface area contributed by atoms with Crippen molar-refractivity contribution in [3.05, 3.63) is 29.8 Å². The smallest absolute Gasteiger partial charge is 0.00640 e. The van der Waals surface area contributed by atoms with Crippen molar-refractivity contribution < 1.29 is 0 Å². The molecule has 0 aliphatic carbocycles. The summed E-state index contributed by atoms with van der Waals surface area (Å²) in [6.45, 7) is 11.8. The van der Waals surface area contributed by atoms with Crippen molar-refractivity contribution in [2.24, 2.45) is 0 Å². The van der Waals surface area contributed by atoms with Crippen molar-refractivity contribution in [3.63, 3.8) is 0 Å². The second-order valence-corrected chi connectivity index (χ2v) is 10.8. The van der Waals surface area contributed by atoms with Gasteiger partial charge in [-0.2, -0.15) is 0 Å². The number of hydrogen-bond donors (Lipinski definition) is 0. The van der Waals surface area contributed by atoms with Crippen LogP contribution in [0.25, 0.3) is 0 Å². The van der Waals surface area contributed by atoms with Gasteiger partial charge in [0.05, 0.1) is 0 Å². The molecule has 0 aliphatic rings. The number of rotatable bonds is 5. The van der Waals surface area contributed by atoms with Crippen molar-refractivity contribution in [2.75, 3.05) is 12.5 Å². The molecule has 1 aromatic carbocycles. The monoisotopic (exact) mass is 266 g/mol. The fraction of sp³-hybridized carbons (Fsp3) is 0.647. The molecule has 0 heterocycles. The SMILES string of the molecule is CCCC(C)(C)c1ccccc1S(C)(C)C(C)C. The molecule has 104 valence electrons. The molecule has 0 spiro atoms. The largest absolute Gasteiger partial charge is 0.218 e. The lowest BCUT2D eigenvalue weighted by atomic mass is 9.81. The van der Waals surface area contributed by atoms with Crippen LogP contribution in [0.4, 0.5) is 0 Å². The first-order valence-corrected chi connectivity index (χ1v) is 9.56. The molecule has 0 bridgehead atoms. The summed E-state index contributed by atoms with van der Waals surface area (Å²) >= 11 is 0. The Morgan fingerprint density at radius 1 is 1.11 bits per heavy atom. The summed E-state index contributed by atoms with van der Waals surface area (Å²) in [6, 6.07) is 9.12. The fourth-order valence-corrected chi connectivity index (χ4v) is 4.35. The molecule has 1 heteroatoms. The van der Waals surface area contributed by atoms with Crippen LogP contribution < -0.4 is 0 Å². The third kappa shape index (κ3) is 3.12. The molecular weight excluding hydrogens is 236 g/mol. The van der Waals surface area contributed by atoms with Gasteiger partial charge in [0.25, 0.3) is 0 Å². The Hall–Kier alpha value is -0.430. The minimum atomic E-state index is -0.709. The maximum absolute atomic E-state index is 2.46. The maximum Gasteiger partial charge on any atom is -0.00640 e. The molecular formula is C17H30S. The first-order chi connectivity index (χ1) is 8.23. The molecule has 0 atom stereocenters. The van der Waals surface area contributed by atoms with Gasteiger partial charge in [0, 0.05) is 0 Å². The minimum absolute atomic E-state index is 0.296. The van der Waals surface area contributed by atoms with Crippen LogP contribution in [-0.2, 0) is 5.41 Å². The van der Waals surface area contributed by atoms with E-state index in [0.29, 0.717) is 5.41 Å². The standard InChI is InChI=1S/C17H30S/c1-8-13-17(4,5)15-11-9-10-12-16(15)18(6,7)14(2)3/h9-12,14H,8,13H2,1-7H3. The van der Waals surface area contributed by atoms with Crippen molar-refractivity contribution >= 4 is 10.0 Å². The van der Waals surface area contributed by atoms with Gasteiger partial charge in [-0.05, 0) is 46.1 Å². The Balaban J connectivity index is 3.31. The minimum Gasteiger partial charge on any atom is -0.218 e. The quantitative estimate of drug-likeness (QED) is 0.651. The predicted molar refractivity (Wildman–Crippen MR) is 87.2 cm³/mol. The molecule has 1 rings (SSSR count). The van der Waals surface area contributed by atoms with E-state index >= 15 is 0 Å². The van der Waals surface area contributed by atoms with Gasteiger partial charge in [-0.1, -0.05) is 59.2 Å². The summed E-state index contributed by atoms with van der Waals surface area (Å²) in [5, 5.41) is 0.732. The van der Waals surface area contributed by atoms with Gasteiger partial charge in [0.2, 0.25) is 0 Å². The molecule has 0 aromatic heterocycles. The van der Waals surface area contributed by atoms with Gasteiger partial charge < -0.3 is 0 Å². The summed E-state index contributed by atoms with van der Waals surface area (Å²) in [6.07, 6.45) is 7.42. The lowest BCUT2D eigenvalue weighted by molar-refractivity contribution is 0.465. The van der Waals surface area contributed by atoms with Crippen LogP contribution in [0.3, 0.4) is 0 Å². The molecule has 18 heavy (non-hydrogen) atoms. The van der Waals surface area contributed by atoms with Crippen molar-refractivity contribution in [1.82, 2.24) is 0 Å². The van der Waals surface area contributed by atoms with E-state index in [2.05, 4.69) is 71.4 Å². The Kier molecular flexibility index (Phi) is 4.94. The molecule has 0 nitrogen and oxygen atoms in total. The molecule has 0 unspecified atom stereocenters. The second kappa shape index (κ2) is 5.69. The van der Waals surface area contributed by atoms with E-state index in [0.717, 1.165) is 5.25 Å². The highest BCUT2D eigenvalue weighted by Gasteiger charge is 2.28. The Morgan fingerprint density at radius 3 is 2.17 bits per heavy atom. The summed E-state index contributed by atoms with van der Waals surface area (Å²) < 4.78 is 0. The van der Waals surface area contributed by atoms with Gasteiger partial charge in [-0.25, -0.2) is 10.0 Å².